The number of hydrogen-bond donors (Lipinski definition) is 0. The lowest BCUT2D eigenvalue weighted by Crippen LogP contribution is -1.93. The molecule has 9 rings (SSSR count). The number of rotatable bonds is 4. The van der Waals surface area contributed by atoms with E-state index in [9.17, 15) is 0 Å². The minimum Gasteiger partial charge on any atom is -0.0616 e. The van der Waals surface area contributed by atoms with E-state index in [1.165, 1.54) is 87.6 Å². The van der Waals surface area contributed by atoms with Crippen LogP contribution >= 0.6 is 0 Å². The van der Waals surface area contributed by atoms with E-state index in [-0.39, 0.29) is 0 Å². The van der Waals surface area contributed by atoms with Crippen molar-refractivity contribution in [2.45, 2.75) is 0 Å². The van der Waals surface area contributed by atoms with E-state index in [0.29, 0.717) is 0 Å². The molecule has 0 heterocycles. The molecule has 0 bridgehead atoms. The molecule has 9 aromatic carbocycles. The fourth-order valence-corrected chi connectivity index (χ4v) is 7.42. The summed E-state index contributed by atoms with van der Waals surface area (Å²) < 4.78 is 0. The molecule has 9 aromatic rings. The highest BCUT2D eigenvalue weighted by Gasteiger charge is 2.19. The maximum Gasteiger partial charge on any atom is -0.00201 e. The van der Waals surface area contributed by atoms with E-state index < -0.39 is 0 Å². The van der Waals surface area contributed by atoms with Crippen LogP contribution in [0.4, 0.5) is 0 Å². The number of benzene rings is 9. The van der Waals surface area contributed by atoms with Crippen molar-refractivity contribution < 1.29 is 0 Å². The van der Waals surface area contributed by atoms with Crippen LogP contribution in [0.15, 0.2) is 182 Å². The summed E-state index contributed by atoms with van der Waals surface area (Å²) in [6.07, 6.45) is 0. The van der Waals surface area contributed by atoms with Crippen LogP contribution in [-0.4, -0.2) is 0 Å². The smallest absolute Gasteiger partial charge is 0.00201 e. The fourth-order valence-electron chi connectivity index (χ4n) is 7.42. The Balaban J connectivity index is 1.28. The topological polar surface area (TPSA) is 0 Å². The van der Waals surface area contributed by atoms with Crippen LogP contribution in [0.1, 0.15) is 0 Å². The molecule has 0 heteroatoms. The third-order valence-corrected chi connectivity index (χ3v) is 9.48. The Morgan fingerprint density at radius 3 is 1.15 bits per heavy atom. The zero-order valence-corrected chi connectivity index (χ0v) is 25.3. The number of fused-ring (bicyclic) bond motifs is 4. The Morgan fingerprint density at radius 2 is 0.565 bits per heavy atom. The Bertz CT molecular complexity index is 2500. The first kappa shape index (κ1) is 26.4. The molecule has 0 aromatic heterocycles. The quantitative estimate of drug-likeness (QED) is 0.181. The van der Waals surface area contributed by atoms with Crippen molar-refractivity contribution in [3.8, 4) is 44.5 Å². The van der Waals surface area contributed by atoms with Gasteiger partial charge in [-0.25, -0.2) is 0 Å². The highest BCUT2D eigenvalue weighted by molar-refractivity contribution is 6.22. The van der Waals surface area contributed by atoms with Crippen LogP contribution < -0.4 is 0 Å². The minimum atomic E-state index is 1.23. The summed E-state index contributed by atoms with van der Waals surface area (Å²) in [6.45, 7) is 0. The summed E-state index contributed by atoms with van der Waals surface area (Å²) in [5, 5.41) is 10.1. The summed E-state index contributed by atoms with van der Waals surface area (Å²) in [7, 11) is 0. The second-order valence-corrected chi connectivity index (χ2v) is 12.0. The van der Waals surface area contributed by atoms with Crippen molar-refractivity contribution in [1.29, 1.82) is 0 Å². The van der Waals surface area contributed by atoms with Crippen LogP contribution in [0.5, 0.6) is 0 Å². The molecule has 0 aliphatic rings. The van der Waals surface area contributed by atoms with Crippen molar-refractivity contribution in [2.75, 3.05) is 0 Å². The van der Waals surface area contributed by atoms with E-state index in [1.54, 1.807) is 0 Å². The average Bonchev–Trinajstić information content (AvgIpc) is 3.13. The van der Waals surface area contributed by atoms with E-state index in [2.05, 4.69) is 182 Å². The van der Waals surface area contributed by atoms with Crippen LogP contribution in [-0.2, 0) is 0 Å². The Labute approximate surface area is 268 Å². The Kier molecular flexibility index (Phi) is 6.25. The van der Waals surface area contributed by atoms with Crippen molar-refractivity contribution in [1.82, 2.24) is 0 Å². The zero-order chi connectivity index (χ0) is 30.5. The van der Waals surface area contributed by atoms with E-state index in [4.69, 9.17) is 0 Å². The predicted octanol–water partition coefficient (Wildman–Crippen LogP) is 13.0. The van der Waals surface area contributed by atoms with Gasteiger partial charge in [-0.15, -0.1) is 0 Å². The van der Waals surface area contributed by atoms with Gasteiger partial charge < -0.3 is 0 Å². The first-order chi connectivity index (χ1) is 22.8. The molecule has 0 unspecified atom stereocenters. The Morgan fingerprint density at radius 1 is 0.196 bits per heavy atom. The average molecular weight is 583 g/mol. The molecule has 0 radical (unpaired) electrons. The second kappa shape index (κ2) is 10.9. The third-order valence-electron chi connectivity index (χ3n) is 9.48. The molecule has 214 valence electrons. The van der Waals surface area contributed by atoms with Crippen LogP contribution in [0, 0.1) is 0 Å². The summed E-state index contributed by atoms with van der Waals surface area (Å²) in [5.74, 6) is 0. The molecule has 0 saturated carbocycles. The van der Waals surface area contributed by atoms with Gasteiger partial charge in [0, 0.05) is 0 Å². The van der Waals surface area contributed by atoms with Gasteiger partial charge in [-0.1, -0.05) is 182 Å². The Hall–Kier alpha value is -5.98. The molecule has 0 atom stereocenters. The molecule has 0 aliphatic heterocycles. The van der Waals surface area contributed by atoms with E-state index in [1.807, 2.05) is 0 Å². The molecule has 46 heavy (non-hydrogen) atoms. The number of hydrogen-bond acceptors (Lipinski definition) is 0. The SMILES string of the molecule is c1ccc(-c2c3ccccc3c(-c3ccc(-c4cccc5ccccc45)cc3)c3ccccc23)c(-c2cccc3ccccc23)c1. The molecule has 0 aliphatic carbocycles. The van der Waals surface area contributed by atoms with E-state index in [0.717, 1.165) is 0 Å². The van der Waals surface area contributed by atoms with Crippen molar-refractivity contribution >= 4 is 43.1 Å². The van der Waals surface area contributed by atoms with Gasteiger partial charge in [-0.2, -0.15) is 0 Å². The lowest BCUT2D eigenvalue weighted by molar-refractivity contribution is 1.62. The highest BCUT2D eigenvalue weighted by atomic mass is 14.2. The molecule has 0 N–H and O–H groups in total. The largest absolute Gasteiger partial charge is 0.0616 e. The monoisotopic (exact) mass is 582 g/mol. The maximum absolute atomic E-state index is 2.30. The minimum absolute atomic E-state index is 1.23. The van der Waals surface area contributed by atoms with Crippen molar-refractivity contribution in [3.05, 3.63) is 182 Å². The molecule has 0 spiro atoms. The molecular weight excluding hydrogens is 553 g/mol. The van der Waals surface area contributed by atoms with Gasteiger partial charge >= 0.3 is 0 Å². The summed E-state index contributed by atoms with van der Waals surface area (Å²) >= 11 is 0. The van der Waals surface area contributed by atoms with Gasteiger partial charge in [0.15, 0.2) is 0 Å². The first-order valence-electron chi connectivity index (χ1n) is 15.9. The zero-order valence-electron chi connectivity index (χ0n) is 25.3. The van der Waals surface area contributed by atoms with Gasteiger partial charge in [0.25, 0.3) is 0 Å². The fraction of sp³-hybridized carbons (Fsp3) is 0. The van der Waals surface area contributed by atoms with Crippen molar-refractivity contribution in [3.63, 3.8) is 0 Å². The lowest BCUT2D eigenvalue weighted by Gasteiger charge is -2.20. The molecule has 0 amide bonds. The van der Waals surface area contributed by atoms with Gasteiger partial charge in [0.2, 0.25) is 0 Å². The van der Waals surface area contributed by atoms with Crippen LogP contribution in [0.2, 0.25) is 0 Å². The first-order valence-corrected chi connectivity index (χ1v) is 15.9. The van der Waals surface area contributed by atoms with Crippen molar-refractivity contribution in [2.24, 2.45) is 0 Å². The van der Waals surface area contributed by atoms with Gasteiger partial charge in [-0.3, -0.25) is 0 Å². The molecule has 0 fully saturated rings. The summed E-state index contributed by atoms with van der Waals surface area (Å²) in [6, 6.07) is 66.5. The predicted molar refractivity (Wildman–Crippen MR) is 198 cm³/mol. The van der Waals surface area contributed by atoms with Crippen LogP contribution in [0.25, 0.3) is 87.6 Å². The summed E-state index contributed by atoms with van der Waals surface area (Å²) in [4.78, 5) is 0. The lowest BCUT2D eigenvalue weighted by atomic mass is 9.83. The summed E-state index contributed by atoms with van der Waals surface area (Å²) in [5.41, 5.74) is 10.0. The van der Waals surface area contributed by atoms with Crippen LogP contribution in [0.3, 0.4) is 0 Å². The third kappa shape index (κ3) is 4.23. The molecule has 0 nitrogen and oxygen atoms in total. The van der Waals surface area contributed by atoms with E-state index >= 15 is 0 Å². The van der Waals surface area contributed by atoms with Gasteiger partial charge in [0.05, 0.1) is 0 Å². The maximum atomic E-state index is 2.30. The normalized spacial score (nSPS) is 11.5. The second-order valence-electron chi connectivity index (χ2n) is 12.0. The molecule has 0 saturated heterocycles. The molecular formula is C46H30. The van der Waals surface area contributed by atoms with Gasteiger partial charge in [-0.05, 0) is 87.6 Å². The standard InChI is InChI=1S/C46H30/c1-3-17-35-31(13-1)15-11-25-36(35)33-27-29-34(30-28-33)45-41-21-7-9-23-43(41)46(44-24-10-8-22-42(44)45)40-20-6-5-19-39(40)38-26-12-16-32-14-2-4-18-37(32)38/h1-30H. The van der Waals surface area contributed by atoms with Gasteiger partial charge in [0.1, 0.15) is 0 Å². The highest BCUT2D eigenvalue weighted by Crippen LogP contribution is 2.47.